The van der Waals surface area contributed by atoms with Crippen molar-refractivity contribution in [2.45, 2.75) is 96.3 Å². The second kappa shape index (κ2) is 17.3. The first-order valence-corrected chi connectivity index (χ1v) is 17.4. The van der Waals surface area contributed by atoms with Crippen LogP contribution in [0, 0.1) is 11.8 Å². The molecule has 0 unspecified atom stereocenters. The molecule has 1 fully saturated rings. The van der Waals surface area contributed by atoms with Gasteiger partial charge >= 0.3 is 11.9 Å². The minimum Gasteiger partial charge on any atom is -0.493 e. The largest absolute Gasteiger partial charge is 0.493 e. The molecule has 8 nitrogen and oxygen atoms in total. The lowest BCUT2D eigenvalue weighted by molar-refractivity contribution is -0.141. The molecule has 2 heterocycles. The number of methoxy groups -OCH3 is 2. The molecule has 3 atom stereocenters. The van der Waals surface area contributed by atoms with Gasteiger partial charge in [0.25, 0.3) is 0 Å². The van der Waals surface area contributed by atoms with Crippen LogP contribution in [-0.4, -0.2) is 39.6 Å². The lowest BCUT2D eigenvalue weighted by Gasteiger charge is -2.34. The summed E-state index contributed by atoms with van der Waals surface area (Å²) < 4.78 is 34.1. The molecule has 47 heavy (non-hydrogen) atoms. The zero-order valence-corrected chi connectivity index (χ0v) is 28.2. The van der Waals surface area contributed by atoms with Gasteiger partial charge in [0.1, 0.15) is 0 Å². The molecule has 2 aromatic carbocycles. The molecule has 0 amide bonds. The summed E-state index contributed by atoms with van der Waals surface area (Å²) in [6.07, 6.45) is 22.4. The van der Waals surface area contributed by atoms with Crippen LogP contribution in [0.3, 0.4) is 0 Å². The summed E-state index contributed by atoms with van der Waals surface area (Å²) in [5.74, 6) is 1.22. The molecular weight excluding hydrogens is 596 g/mol. The SMILES string of the molecule is CCCCC/C=C/C/C=C/CCCCCCCC(=O)Oc1c(OC)cc([C@@H]2c3cc4c(cc3C[C@H]3COC(=O)[C@@H]32)OCO4)cc1OC. The van der Waals surface area contributed by atoms with Crippen LogP contribution >= 0.6 is 0 Å². The van der Waals surface area contributed by atoms with Crippen molar-refractivity contribution in [2.24, 2.45) is 11.8 Å². The van der Waals surface area contributed by atoms with Gasteiger partial charge in [0, 0.05) is 18.3 Å². The molecule has 0 aromatic heterocycles. The fraction of sp³-hybridized carbons (Fsp3) is 0.538. The van der Waals surface area contributed by atoms with Gasteiger partial charge in [-0.2, -0.15) is 0 Å². The fourth-order valence-corrected chi connectivity index (χ4v) is 6.93. The Hall–Kier alpha value is -3.94. The second-order valence-electron chi connectivity index (χ2n) is 12.7. The van der Waals surface area contributed by atoms with Crippen LogP contribution in [0.5, 0.6) is 28.7 Å². The number of unbranched alkanes of at least 4 members (excludes halogenated alkanes) is 8. The average molecular weight is 647 g/mol. The summed E-state index contributed by atoms with van der Waals surface area (Å²) >= 11 is 0. The van der Waals surface area contributed by atoms with Gasteiger partial charge in [-0.25, -0.2) is 0 Å². The minimum absolute atomic E-state index is 0.0404. The number of hydrogen-bond acceptors (Lipinski definition) is 8. The topological polar surface area (TPSA) is 89.5 Å². The van der Waals surface area contributed by atoms with E-state index in [0.29, 0.717) is 36.0 Å². The summed E-state index contributed by atoms with van der Waals surface area (Å²) in [5.41, 5.74) is 2.91. The van der Waals surface area contributed by atoms with E-state index in [0.717, 1.165) is 68.1 Å². The smallest absolute Gasteiger partial charge is 0.311 e. The van der Waals surface area contributed by atoms with Gasteiger partial charge < -0.3 is 28.4 Å². The van der Waals surface area contributed by atoms with Crippen LogP contribution in [0.1, 0.15) is 107 Å². The number of rotatable bonds is 18. The van der Waals surface area contributed by atoms with E-state index < -0.39 is 0 Å². The highest BCUT2D eigenvalue weighted by Gasteiger charge is 2.48. The zero-order chi connectivity index (χ0) is 33.0. The van der Waals surface area contributed by atoms with E-state index in [1.165, 1.54) is 39.9 Å². The number of ether oxygens (including phenoxy) is 6. The first-order chi connectivity index (χ1) is 23.0. The fourth-order valence-electron chi connectivity index (χ4n) is 6.93. The Labute approximate surface area is 279 Å². The van der Waals surface area contributed by atoms with Gasteiger partial charge in [-0.1, -0.05) is 63.3 Å². The van der Waals surface area contributed by atoms with Gasteiger partial charge in [-0.05, 0) is 85.9 Å². The summed E-state index contributed by atoms with van der Waals surface area (Å²) in [5, 5.41) is 0. The molecule has 0 bridgehead atoms. The molecule has 0 spiro atoms. The normalized spacial score (nSPS) is 19.6. The number of benzene rings is 2. The lowest BCUT2D eigenvalue weighted by Crippen LogP contribution is -2.31. The number of fused-ring (bicyclic) bond motifs is 3. The number of cyclic esters (lactones) is 1. The monoisotopic (exact) mass is 646 g/mol. The molecule has 0 N–H and O–H groups in total. The Balaban J connectivity index is 1.15. The van der Waals surface area contributed by atoms with Crippen molar-refractivity contribution >= 4 is 11.9 Å². The molecule has 1 aliphatic carbocycles. The van der Waals surface area contributed by atoms with Crippen molar-refractivity contribution < 1.29 is 38.0 Å². The summed E-state index contributed by atoms with van der Waals surface area (Å²) in [6.45, 7) is 2.79. The van der Waals surface area contributed by atoms with E-state index in [9.17, 15) is 9.59 Å². The van der Waals surface area contributed by atoms with E-state index in [1.54, 1.807) is 0 Å². The Kier molecular flexibility index (Phi) is 12.6. The molecule has 254 valence electrons. The van der Waals surface area contributed by atoms with Crippen LogP contribution in [-0.2, 0) is 20.7 Å². The lowest BCUT2D eigenvalue weighted by atomic mass is 9.67. The van der Waals surface area contributed by atoms with Crippen molar-refractivity contribution in [3.8, 4) is 28.7 Å². The molecule has 2 aliphatic heterocycles. The van der Waals surface area contributed by atoms with Crippen LogP contribution in [0.25, 0.3) is 0 Å². The van der Waals surface area contributed by atoms with Crippen molar-refractivity contribution in [3.05, 3.63) is 65.3 Å². The maximum Gasteiger partial charge on any atom is 0.311 e. The van der Waals surface area contributed by atoms with E-state index in [2.05, 4.69) is 31.2 Å². The number of esters is 2. The second-order valence-corrected chi connectivity index (χ2v) is 12.7. The highest BCUT2D eigenvalue weighted by molar-refractivity contribution is 5.79. The van der Waals surface area contributed by atoms with Crippen LogP contribution in [0.15, 0.2) is 48.6 Å². The number of carbonyl (C=O) groups is 2. The Morgan fingerprint density at radius 1 is 0.830 bits per heavy atom. The highest BCUT2D eigenvalue weighted by atomic mass is 16.7. The van der Waals surface area contributed by atoms with E-state index in [1.807, 2.05) is 24.3 Å². The summed E-state index contributed by atoms with van der Waals surface area (Å²) in [6, 6.07) is 7.68. The number of hydrogen-bond donors (Lipinski definition) is 0. The van der Waals surface area contributed by atoms with Crippen LogP contribution in [0.2, 0.25) is 0 Å². The van der Waals surface area contributed by atoms with E-state index in [4.69, 9.17) is 28.4 Å². The molecule has 3 aliphatic rings. The van der Waals surface area contributed by atoms with Crippen molar-refractivity contribution in [1.29, 1.82) is 0 Å². The molecule has 5 rings (SSSR count). The maximum absolute atomic E-state index is 13.0. The van der Waals surface area contributed by atoms with Gasteiger partial charge in [-0.15, -0.1) is 0 Å². The quantitative estimate of drug-likeness (QED) is 0.0688. The minimum atomic E-state index is -0.357. The molecule has 8 heteroatoms. The Morgan fingerprint density at radius 2 is 1.49 bits per heavy atom. The van der Waals surface area contributed by atoms with Crippen molar-refractivity contribution in [2.75, 3.05) is 27.6 Å². The van der Waals surface area contributed by atoms with Crippen molar-refractivity contribution in [1.82, 2.24) is 0 Å². The van der Waals surface area contributed by atoms with Gasteiger partial charge in [-0.3, -0.25) is 9.59 Å². The molecule has 2 aromatic rings. The predicted molar refractivity (Wildman–Crippen MR) is 181 cm³/mol. The van der Waals surface area contributed by atoms with Gasteiger partial charge in [0.05, 0.1) is 26.7 Å². The van der Waals surface area contributed by atoms with Gasteiger partial charge in [0.15, 0.2) is 23.0 Å². The van der Waals surface area contributed by atoms with Crippen molar-refractivity contribution in [3.63, 3.8) is 0 Å². The zero-order valence-electron chi connectivity index (χ0n) is 28.2. The number of carbonyl (C=O) groups excluding carboxylic acids is 2. The molecular formula is C39H50O8. The first kappa shape index (κ1) is 34.4. The predicted octanol–water partition coefficient (Wildman–Crippen LogP) is 8.63. The Bertz CT molecular complexity index is 1400. The van der Waals surface area contributed by atoms with Crippen LogP contribution < -0.4 is 23.7 Å². The molecule has 0 saturated carbocycles. The Morgan fingerprint density at radius 3 is 2.19 bits per heavy atom. The maximum atomic E-state index is 13.0. The number of allylic oxidation sites excluding steroid dienone is 4. The summed E-state index contributed by atoms with van der Waals surface area (Å²) in [4.78, 5) is 25.9. The average Bonchev–Trinajstić information content (AvgIpc) is 3.70. The van der Waals surface area contributed by atoms with E-state index in [-0.39, 0.29) is 42.2 Å². The third-order valence-corrected chi connectivity index (χ3v) is 9.42. The van der Waals surface area contributed by atoms with Crippen LogP contribution in [0.4, 0.5) is 0 Å². The summed E-state index contributed by atoms with van der Waals surface area (Å²) in [7, 11) is 3.08. The van der Waals surface area contributed by atoms with Gasteiger partial charge in [0.2, 0.25) is 12.5 Å². The third kappa shape index (κ3) is 8.70. The van der Waals surface area contributed by atoms with E-state index >= 15 is 0 Å². The third-order valence-electron chi connectivity index (χ3n) is 9.42. The first-order valence-electron chi connectivity index (χ1n) is 17.4. The molecule has 0 radical (unpaired) electrons. The highest BCUT2D eigenvalue weighted by Crippen LogP contribution is 2.52. The molecule has 1 saturated heterocycles. The standard InChI is InChI=1S/C39H50O8/c1-4-5-6-7-8-9-10-11-12-13-14-15-16-17-18-19-35(40)47-38-33(42-2)22-28(23-34(38)43-3)36-30-24-32-31(45-26-46-32)21-27(30)20-29-25-44-39(41)37(29)36/h8-9,11-12,21-24,29,36-37H,4-7,10,13-20,25-26H2,1-3H3/b9-8+,12-11+/t29-,36+,37-/m0/s1.